The molecule has 0 saturated carbocycles. The molecule has 0 amide bonds. The van der Waals surface area contributed by atoms with Crippen LogP contribution in [0.4, 0.5) is 0 Å². The van der Waals surface area contributed by atoms with Crippen LogP contribution in [0.25, 0.3) is 10.9 Å². The van der Waals surface area contributed by atoms with Crippen molar-refractivity contribution in [2.45, 2.75) is 6.54 Å². The van der Waals surface area contributed by atoms with Gasteiger partial charge in [0.25, 0.3) is 5.56 Å². The van der Waals surface area contributed by atoms with Crippen LogP contribution < -0.4 is 10.9 Å². The van der Waals surface area contributed by atoms with E-state index >= 15 is 0 Å². The number of nitrogens with zero attached hydrogens (tertiary/aromatic N) is 2. The van der Waals surface area contributed by atoms with Crippen molar-refractivity contribution in [3.63, 3.8) is 0 Å². The van der Waals surface area contributed by atoms with Gasteiger partial charge in [-0.15, -0.1) is 0 Å². The molecule has 110 valence electrons. The molecule has 2 aliphatic rings. The summed E-state index contributed by atoms with van der Waals surface area (Å²) < 4.78 is 0. The van der Waals surface area contributed by atoms with E-state index < -0.39 is 0 Å². The molecule has 0 aliphatic carbocycles. The molecular weight excluding hydrogens is 288 g/mol. The Morgan fingerprint density at radius 1 is 1.29 bits per heavy atom. The van der Waals surface area contributed by atoms with Crippen LogP contribution in [-0.4, -0.2) is 41.0 Å². The molecule has 1 aromatic carbocycles. The van der Waals surface area contributed by atoms with Gasteiger partial charge >= 0.3 is 0 Å². The Bertz CT molecular complexity index is 732. The van der Waals surface area contributed by atoms with Crippen molar-refractivity contribution in [1.82, 2.24) is 20.2 Å². The zero-order valence-electron chi connectivity index (χ0n) is 11.6. The van der Waals surface area contributed by atoms with Gasteiger partial charge in [-0.05, 0) is 43.1 Å². The van der Waals surface area contributed by atoms with E-state index in [4.69, 9.17) is 11.6 Å². The zero-order valence-corrected chi connectivity index (χ0v) is 12.4. The second kappa shape index (κ2) is 5.09. The number of aromatic amines is 1. The second-order valence-electron chi connectivity index (χ2n) is 6.05. The molecular formula is C15H17ClN4O. The molecule has 2 fully saturated rings. The molecule has 6 heteroatoms. The van der Waals surface area contributed by atoms with Crippen molar-refractivity contribution in [2.75, 3.05) is 26.2 Å². The van der Waals surface area contributed by atoms with Crippen LogP contribution in [0.3, 0.4) is 0 Å². The number of nitrogens with one attached hydrogen (secondary N) is 2. The molecule has 2 atom stereocenters. The first-order valence-electron chi connectivity index (χ1n) is 7.30. The van der Waals surface area contributed by atoms with Gasteiger partial charge in [-0.1, -0.05) is 11.6 Å². The number of H-pyrrole nitrogens is 1. The van der Waals surface area contributed by atoms with Crippen molar-refractivity contribution in [2.24, 2.45) is 11.8 Å². The van der Waals surface area contributed by atoms with E-state index in [1.54, 1.807) is 18.2 Å². The minimum absolute atomic E-state index is 0.112. The van der Waals surface area contributed by atoms with Crippen molar-refractivity contribution >= 4 is 22.5 Å². The summed E-state index contributed by atoms with van der Waals surface area (Å²) in [5, 5.41) is 4.54. The summed E-state index contributed by atoms with van der Waals surface area (Å²) in [6.07, 6.45) is 0. The summed E-state index contributed by atoms with van der Waals surface area (Å²) in [6, 6.07) is 5.24. The average Bonchev–Trinajstić information content (AvgIpc) is 3.00. The lowest BCUT2D eigenvalue weighted by Gasteiger charge is -2.16. The van der Waals surface area contributed by atoms with Crippen molar-refractivity contribution in [1.29, 1.82) is 0 Å². The summed E-state index contributed by atoms with van der Waals surface area (Å²) >= 11 is 5.93. The molecule has 3 heterocycles. The van der Waals surface area contributed by atoms with Gasteiger partial charge in [-0.3, -0.25) is 9.69 Å². The first-order chi connectivity index (χ1) is 10.2. The molecule has 1 aromatic heterocycles. The van der Waals surface area contributed by atoms with E-state index in [-0.39, 0.29) is 5.56 Å². The highest BCUT2D eigenvalue weighted by Gasteiger charge is 2.36. The van der Waals surface area contributed by atoms with Gasteiger partial charge in [0.1, 0.15) is 5.82 Å². The minimum atomic E-state index is -0.112. The Morgan fingerprint density at radius 3 is 2.81 bits per heavy atom. The van der Waals surface area contributed by atoms with Gasteiger partial charge in [0.15, 0.2) is 0 Å². The highest BCUT2D eigenvalue weighted by molar-refractivity contribution is 6.31. The van der Waals surface area contributed by atoms with Gasteiger partial charge < -0.3 is 10.3 Å². The first kappa shape index (κ1) is 13.2. The Morgan fingerprint density at radius 2 is 2.05 bits per heavy atom. The fourth-order valence-corrected chi connectivity index (χ4v) is 3.70. The summed E-state index contributed by atoms with van der Waals surface area (Å²) in [5.41, 5.74) is 0.595. The minimum Gasteiger partial charge on any atom is -0.316 e. The number of rotatable bonds is 2. The van der Waals surface area contributed by atoms with E-state index in [1.807, 2.05) is 0 Å². The lowest BCUT2D eigenvalue weighted by atomic mass is 10.0. The summed E-state index contributed by atoms with van der Waals surface area (Å²) in [4.78, 5) is 22.0. The Labute approximate surface area is 127 Å². The van der Waals surface area contributed by atoms with E-state index in [9.17, 15) is 4.79 Å². The molecule has 2 unspecified atom stereocenters. The third-order valence-electron chi connectivity index (χ3n) is 4.55. The standard InChI is InChI=1S/C15H17ClN4O/c16-11-1-2-13-12(3-11)15(21)19-14(18-13)8-20-6-9-4-17-5-10(9)7-20/h1-3,9-10,17H,4-8H2,(H,18,19,21). The summed E-state index contributed by atoms with van der Waals surface area (Å²) in [6.45, 7) is 5.10. The van der Waals surface area contributed by atoms with Crippen LogP contribution in [0.2, 0.25) is 5.02 Å². The quantitative estimate of drug-likeness (QED) is 0.876. The van der Waals surface area contributed by atoms with Crippen LogP contribution in [0.5, 0.6) is 0 Å². The van der Waals surface area contributed by atoms with E-state index in [0.29, 0.717) is 22.5 Å². The monoisotopic (exact) mass is 304 g/mol. The summed E-state index contributed by atoms with van der Waals surface area (Å²) in [5.74, 6) is 2.23. The van der Waals surface area contributed by atoms with Crippen LogP contribution in [0.15, 0.2) is 23.0 Å². The predicted octanol–water partition coefficient (Wildman–Crippen LogP) is 1.23. The number of benzene rings is 1. The number of halogens is 1. The van der Waals surface area contributed by atoms with Crippen LogP contribution in [0.1, 0.15) is 5.82 Å². The van der Waals surface area contributed by atoms with E-state index in [2.05, 4.69) is 20.2 Å². The molecule has 2 N–H and O–H groups in total. The summed E-state index contributed by atoms with van der Waals surface area (Å²) in [7, 11) is 0. The van der Waals surface area contributed by atoms with Crippen LogP contribution >= 0.6 is 11.6 Å². The highest BCUT2D eigenvalue weighted by atomic mass is 35.5. The maximum Gasteiger partial charge on any atom is 0.258 e. The lowest BCUT2D eigenvalue weighted by Crippen LogP contribution is -2.27. The predicted molar refractivity (Wildman–Crippen MR) is 82.5 cm³/mol. The van der Waals surface area contributed by atoms with Crippen LogP contribution in [0, 0.1) is 11.8 Å². The Balaban J connectivity index is 1.60. The normalized spacial score (nSPS) is 25.6. The lowest BCUT2D eigenvalue weighted by molar-refractivity contribution is 0.298. The molecule has 2 aliphatic heterocycles. The highest BCUT2D eigenvalue weighted by Crippen LogP contribution is 2.27. The molecule has 0 radical (unpaired) electrons. The van der Waals surface area contributed by atoms with E-state index in [1.165, 1.54) is 0 Å². The topological polar surface area (TPSA) is 61.0 Å². The van der Waals surface area contributed by atoms with Crippen molar-refractivity contribution < 1.29 is 0 Å². The van der Waals surface area contributed by atoms with Gasteiger partial charge in [0.05, 0.1) is 17.4 Å². The number of hydrogen-bond donors (Lipinski definition) is 2. The fourth-order valence-electron chi connectivity index (χ4n) is 3.53. The molecule has 2 saturated heterocycles. The molecule has 4 rings (SSSR count). The third-order valence-corrected chi connectivity index (χ3v) is 4.79. The van der Waals surface area contributed by atoms with Crippen LogP contribution in [-0.2, 0) is 6.54 Å². The maximum absolute atomic E-state index is 12.1. The fraction of sp³-hybridized carbons (Fsp3) is 0.467. The van der Waals surface area contributed by atoms with Gasteiger partial charge in [0, 0.05) is 18.1 Å². The van der Waals surface area contributed by atoms with Crippen molar-refractivity contribution in [3.8, 4) is 0 Å². The molecule has 5 nitrogen and oxygen atoms in total. The Hall–Kier alpha value is -1.43. The van der Waals surface area contributed by atoms with E-state index in [0.717, 1.165) is 43.8 Å². The third kappa shape index (κ3) is 2.46. The van der Waals surface area contributed by atoms with Crippen molar-refractivity contribution in [3.05, 3.63) is 39.4 Å². The zero-order chi connectivity index (χ0) is 14.4. The number of fused-ring (bicyclic) bond motifs is 2. The average molecular weight is 305 g/mol. The largest absolute Gasteiger partial charge is 0.316 e. The molecule has 21 heavy (non-hydrogen) atoms. The number of aromatic nitrogens is 2. The van der Waals surface area contributed by atoms with Gasteiger partial charge in [-0.25, -0.2) is 4.98 Å². The molecule has 2 aromatic rings. The maximum atomic E-state index is 12.1. The smallest absolute Gasteiger partial charge is 0.258 e. The Kier molecular flexibility index (Phi) is 3.21. The molecule has 0 spiro atoms. The molecule has 0 bridgehead atoms. The number of hydrogen-bond acceptors (Lipinski definition) is 4. The SMILES string of the molecule is O=c1[nH]c(CN2CC3CNCC3C2)nc2ccc(Cl)cc12. The number of likely N-dealkylation sites (tertiary alicyclic amines) is 1. The van der Waals surface area contributed by atoms with Gasteiger partial charge in [-0.2, -0.15) is 0 Å². The first-order valence-corrected chi connectivity index (χ1v) is 7.68. The second-order valence-corrected chi connectivity index (χ2v) is 6.48. The van der Waals surface area contributed by atoms with Gasteiger partial charge in [0.2, 0.25) is 0 Å².